The Morgan fingerprint density at radius 1 is 1.14 bits per heavy atom. The molecule has 2 aliphatic rings. The van der Waals surface area contributed by atoms with Crippen LogP contribution in [0.1, 0.15) is 12.0 Å². The number of nitrogens with one attached hydrogen (secondary N) is 1. The van der Waals surface area contributed by atoms with E-state index in [1.807, 2.05) is 4.90 Å². The SMILES string of the molecule is O=C(C(O)C1=CC(F)CC=C1F)N1CCN(c2ccc(-c3nc4ccc(C(F)(F)F)cc4[nH]3)cn2)CC1. The van der Waals surface area contributed by atoms with Gasteiger partial charge in [0.15, 0.2) is 6.10 Å². The third-order valence-corrected chi connectivity index (χ3v) is 6.43. The molecule has 0 bridgehead atoms. The number of allylic oxidation sites excluding steroid dienone is 2. The van der Waals surface area contributed by atoms with Crippen LogP contribution in [0.4, 0.5) is 27.8 Å². The molecule has 2 N–H and O–H groups in total. The topological polar surface area (TPSA) is 85.4 Å². The number of pyridine rings is 1. The minimum absolute atomic E-state index is 0.129. The lowest BCUT2D eigenvalue weighted by Gasteiger charge is -2.36. The summed E-state index contributed by atoms with van der Waals surface area (Å²) in [4.78, 5) is 27.6. The molecule has 194 valence electrons. The third-order valence-electron chi connectivity index (χ3n) is 6.43. The van der Waals surface area contributed by atoms with Gasteiger partial charge in [-0.3, -0.25) is 4.79 Å². The highest BCUT2D eigenvalue weighted by Crippen LogP contribution is 2.32. The number of benzene rings is 1. The number of amides is 1. The van der Waals surface area contributed by atoms with Crippen LogP contribution in [0.2, 0.25) is 0 Å². The first kappa shape index (κ1) is 24.9. The largest absolute Gasteiger partial charge is 0.416 e. The number of aromatic amines is 1. The smallest absolute Gasteiger partial charge is 0.378 e. The molecule has 3 heterocycles. The lowest BCUT2D eigenvalue weighted by atomic mass is 9.99. The molecule has 1 amide bonds. The molecule has 2 atom stereocenters. The molecule has 7 nitrogen and oxygen atoms in total. The second-order valence-electron chi connectivity index (χ2n) is 8.86. The van der Waals surface area contributed by atoms with Crippen molar-refractivity contribution in [2.75, 3.05) is 31.1 Å². The Bertz CT molecular complexity index is 1370. The van der Waals surface area contributed by atoms with Crippen LogP contribution in [0.3, 0.4) is 0 Å². The van der Waals surface area contributed by atoms with Crippen LogP contribution in [0, 0.1) is 0 Å². The van der Waals surface area contributed by atoms with Gasteiger partial charge in [-0.1, -0.05) is 0 Å². The van der Waals surface area contributed by atoms with Gasteiger partial charge < -0.3 is 19.9 Å². The minimum Gasteiger partial charge on any atom is -0.378 e. The van der Waals surface area contributed by atoms with Gasteiger partial charge in [0.25, 0.3) is 5.91 Å². The highest BCUT2D eigenvalue weighted by Gasteiger charge is 2.32. The summed E-state index contributed by atoms with van der Waals surface area (Å²) < 4.78 is 66.5. The monoisotopic (exact) mass is 519 g/mol. The predicted octanol–water partition coefficient (Wildman–Crippen LogP) is 4.17. The molecule has 2 unspecified atom stereocenters. The number of carbonyl (C=O) groups excluding carboxylic acids is 1. The maximum atomic E-state index is 14.0. The minimum atomic E-state index is -4.45. The van der Waals surface area contributed by atoms with Crippen molar-refractivity contribution in [2.45, 2.75) is 24.9 Å². The number of aliphatic hydroxyl groups is 1. The molecular formula is C25H22F5N5O2. The van der Waals surface area contributed by atoms with Gasteiger partial charge in [0.2, 0.25) is 0 Å². The number of carbonyl (C=O) groups is 1. The highest BCUT2D eigenvalue weighted by atomic mass is 19.4. The summed E-state index contributed by atoms with van der Waals surface area (Å²) in [6.45, 7) is 1.31. The van der Waals surface area contributed by atoms with E-state index in [2.05, 4.69) is 15.0 Å². The molecule has 0 spiro atoms. The number of H-pyrrole nitrogens is 1. The molecule has 1 aliphatic heterocycles. The fourth-order valence-electron chi connectivity index (χ4n) is 4.40. The maximum Gasteiger partial charge on any atom is 0.416 e. The van der Waals surface area contributed by atoms with Gasteiger partial charge in [-0.2, -0.15) is 13.2 Å². The zero-order valence-corrected chi connectivity index (χ0v) is 19.3. The molecule has 12 heteroatoms. The van der Waals surface area contributed by atoms with E-state index in [1.165, 1.54) is 11.0 Å². The first-order valence-corrected chi connectivity index (χ1v) is 11.6. The van der Waals surface area contributed by atoms with Gasteiger partial charge in [-0.25, -0.2) is 18.7 Å². The number of alkyl halides is 4. The summed E-state index contributed by atoms with van der Waals surface area (Å²) in [5.74, 6) is -0.476. The van der Waals surface area contributed by atoms with Crippen molar-refractivity contribution >= 4 is 22.8 Å². The highest BCUT2D eigenvalue weighted by molar-refractivity contribution is 5.85. The van der Waals surface area contributed by atoms with Crippen LogP contribution < -0.4 is 4.90 Å². The Morgan fingerprint density at radius 3 is 2.57 bits per heavy atom. The van der Waals surface area contributed by atoms with Crippen LogP contribution in [0.25, 0.3) is 22.4 Å². The van der Waals surface area contributed by atoms with Gasteiger partial charge in [-0.15, -0.1) is 0 Å². The van der Waals surface area contributed by atoms with Crippen LogP contribution in [0.5, 0.6) is 0 Å². The number of imidazole rings is 1. The average molecular weight is 519 g/mol. The number of aliphatic hydroxyl groups excluding tert-OH is 1. The first-order chi connectivity index (χ1) is 17.6. The number of halogens is 5. The molecular weight excluding hydrogens is 497 g/mol. The van der Waals surface area contributed by atoms with E-state index >= 15 is 0 Å². The van der Waals surface area contributed by atoms with Crippen molar-refractivity contribution in [2.24, 2.45) is 0 Å². The number of fused-ring (bicyclic) bond motifs is 1. The Balaban J connectivity index is 1.23. The number of hydrogen-bond acceptors (Lipinski definition) is 5. The quantitative estimate of drug-likeness (QED) is 0.506. The van der Waals surface area contributed by atoms with Gasteiger partial charge in [-0.05, 0) is 42.5 Å². The average Bonchev–Trinajstić information content (AvgIpc) is 3.32. The number of anilines is 1. The molecule has 1 aromatic carbocycles. The van der Waals surface area contributed by atoms with E-state index in [0.29, 0.717) is 35.8 Å². The van der Waals surface area contributed by atoms with Crippen LogP contribution in [-0.2, 0) is 11.0 Å². The van der Waals surface area contributed by atoms with Crippen molar-refractivity contribution in [1.29, 1.82) is 0 Å². The van der Waals surface area contributed by atoms with Gasteiger partial charge in [0.1, 0.15) is 23.6 Å². The molecule has 3 aromatic rings. The molecule has 0 radical (unpaired) electrons. The second-order valence-corrected chi connectivity index (χ2v) is 8.86. The number of aromatic nitrogens is 3. The molecule has 5 rings (SSSR count). The van der Waals surface area contributed by atoms with E-state index in [0.717, 1.165) is 24.3 Å². The fourth-order valence-corrected chi connectivity index (χ4v) is 4.40. The molecule has 1 fully saturated rings. The van der Waals surface area contributed by atoms with E-state index < -0.39 is 35.7 Å². The van der Waals surface area contributed by atoms with E-state index in [1.54, 1.807) is 18.3 Å². The lowest BCUT2D eigenvalue weighted by Crippen LogP contribution is -2.52. The van der Waals surface area contributed by atoms with Gasteiger partial charge in [0, 0.05) is 49.9 Å². The first-order valence-electron chi connectivity index (χ1n) is 11.6. The Labute approximate surface area is 207 Å². The fraction of sp³-hybridized carbons (Fsp3) is 0.320. The Kier molecular flexibility index (Phi) is 6.44. The predicted molar refractivity (Wildman–Crippen MR) is 126 cm³/mol. The van der Waals surface area contributed by atoms with E-state index in [-0.39, 0.29) is 30.6 Å². The number of hydrogen-bond donors (Lipinski definition) is 2. The molecule has 1 saturated heterocycles. The number of piperazine rings is 1. The lowest BCUT2D eigenvalue weighted by molar-refractivity contribution is -0.138. The number of nitrogens with zero attached hydrogens (tertiary/aromatic N) is 4. The number of rotatable bonds is 4. The molecule has 0 saturated carbocycles. The third kappa shape index (κ3) is 5.06. The zero-order valence-electron chi connectivity index (χ0n) is 19.3. The second kappa shape index (κ2) is 9.58. The Morgan fingerprint density at radius 2 is 1.89 bits per heavy atom. The van der Waals surface area contributed by atoms with Crippen molar-refractivity contribution in [3.63, 3.8) is 0 Å². The molecule has 2 aromatic heterocycles. The maximum absolute atomic E-state index is 14.0. The van der Waals surface area contributed by atoms with Crippen molar-refractivity contribution in [3.8, 4) is 11.4 Å². The summed E-state index contributed by atoms with van der Waals surface area (Å²) in [5, 5.41) is 10.3. The normalized spacial score (nSPS) is 19.6. The standard InChI is InChI=1S/C25H22F5N5O2/c26-16-3-4-18(27)17(12-16)22(36)24(37)35-9-7-34(8-10-35)21-6-1-14(13-31-21)23-32-19-5-2-15(25(28,29)30)11-20(19)33-23/h1-2,4-6,11-13,16,22,36H,3,7-10H2,(H,32,33). The van der Waals surface area contributed by atoms with Crippen molar-refractivity contribution in [3.05, 3.63) is 65.6 Å². The summed E-state index contributed by atoms with van der Waals surface area (Å²) >= 11 is 0. The summed E-state index contributed by atoms with van der Waals surface area (Å²) in [7, 11) is 0. The van der Waals surface area contributed by atoms with Crippen LogP contribution in [0.15, 0.2) is 60.1 Å². The van der Waals surface area contributed by atoms with Crippen LogP contribution >= 0.6 is 0 Å². The van der Waals surface area contributed by atoms with Crippen molar-refractivity contribution in [1.82, 2.24) is 19.9 Å². The molecule has 37 heavy (non-hydrogen) atoms. The summed E-state index contributed by atoms with van der Waals surface area (Å²) in [5.41, 5.74) is 0.142. The van der Waals surface area contributed by atoms with Gasteiger partial charge >= 0.3 is 6.18 Å². The Hall–Kier alpha value is -3.80. The summed E-state index contributed by atoms with van der Waals surface area (Å²) in [6.07, 6.45) is -4.28. The van der Waals surface area contributed by atoms with E-state index in [9.17, 15) is 31.9 Å². The van der Waals surface area contributed by atoms with Crippen LogP contribution in [-0.4, -0.2) is 69.3 Å². The van der Waals surface area contributed by atoms with Crippen molar-refractivity contribution < 1.29 is 31.9 Å². The zero-order chi connectivity index (χ0) is 26.3. The van der Waals surface area contributed by atoms with E-state index in [4.69, 9.17) is 0 Å². The summed E-state index contributed by atoms with van der Waals surface area (Å²) in [6, 6.07) is 6.78. The van der Waals surface area contributed by atoms with Gasteiger partial charge in [0.05, 0.1) is 16.6 Å². The molecule has 1 aliphatic carbocycles.